The van der Waals surface area contributed by atoms with Gasteiger partial charge in [-0.25, -0.2) is 0 Å². The quantitative estimate of drug-likeness (QED) is 0.748. The van der Waals surface area contributed by atoms with Gasteiger partial charge >= 0.3 is 0 Å². The first-order valence-corrected chi connectivity index (χ1v) is 6.66. The van der Waals surface area contributed by atoms with Crippen LogP contribution in [0.4, 0.5) is 0 Å². The predicted molar refractivity (Wildman–Crippen MR) is 65.8 cm³/mol. The molecule has 0 radical (unpaired) electrons. The third-order valence-electron chi connectivity index (χ3n) is 3.86. The molecule has 2 aliphatic heterocycles. The monoisotopic (exact) mass is 265 g/mol. The second-order valence-corrected chi connectivity index (χ2v) is 5.50. The molecule has 2 heterocycles. The summed E-state index contributed by atoms with van der Waals surface area (Å²) in [6.07, 6.45) is 5.55. The van der Waals surface area contributed by atoms with E-state index in [1.807, 2.05) is 0 Å². The van der Waals surface area contributed by atoms with Crippen LogP contribution in [0.5, 0.6) is 0 Å². The van der Waals surface area contributed by atoms with Gasteiger partial charge in [-0.05, 0) is 43.9 Å². The zero-order chi connectivity index (χ0) is 10.3. The van der Waals surface area contributed by atoms with Crippen LogP contribution in [0.1, 0.15) is 37.3 Å². The SMILES string of the molecule is Brc1ccccc1C1CCC2CCCN21. The highest BCUT2D eigenvalue weighted by Crippen LogP contribution is 2.42. The van der Waals surface area contributed by atoms with Gasteiger partial charge in [0.2, 0.25) is 0 Å². The van der Waals surface area contributed by atoms with Crippen molar-refractivity contribution < 1.29 is 0 Å². The average Bonchev–Trinajstić information content (AvgIpc) is 2.80. The standard InChI is InChI=1S/C13H16BrN/c14-12-6-2-1-5-11(12)13-8-7-10-4-3-9-15(10)13/h1-2,5-6,10,13H,3-4,7-9H2. The van der Waals surface area contributed by atoms with Gasteiger partial charge in [0.15, 0.2) is 0 Å². The molecule has 2 unspecified atom stereocenters. The van der Waals surface area contributed by atoms with Crippen molar-refractivity contribution in [2.45, 2.75) is 37.8 Å². The molecule has 0 N–H and O–H groups in total. The maximum atomic E-state index is 3.68. The molecule has 2 saturated heterocycles. The molecule has 0 aliphatic carbocycles. The number of hydrogen-bond acceptors (Lipinski definition) is 1. The Labute approximate surface area is 99.6 Å². The van der Waals surface area contributed by atoms with Gasteiger partial charge in [0.1, 0.15) is 0 Å². The van der Waals surface area contributed by atoms with Crippen LogP contribution >= 0.6 is 15.9 Å². The Morgan fingerprint density at radius 1 is 1.13 bits per heavy atom. The number of fused-ring (bicyclic) bond motifs is 1. The van der Waals surface area contributed by atoms with E-state index in [0.29, 0.717) is 6.04 Å². The molecule has 2 fully saturated rings. The summed E-state index contributed by atoms with van der Waals surface area (Å²) in [5.41, 5.74) is 1.49. The van der Waals surface area contributed by atoms with E-state index in [1.54, 1.807) is 0 Å². The molecular formula is C13H16BrN. The fourth-order valence-electron chi connectivity index (χ4n) is 3.17. The van der Waals surface area contributed by atoms with Crippen molar-refractivity contribution in [1.82, 2.24) is 4.90 Å². The third-order valence-corrected chi connectivity index (χ3v) is 4.58. The van der Waals surface area contributed by atoms with Crippen LogP contribution in [0.2, 0.25) is 0 Å². The minimum Gasteiger partial charge on any atom is -0.293 e. The molecule has 0 aromatic heterocycles. The van der Waals surface area contributed by atoms with Crippen LogP contribution in [0.3, 0.4) is 0 Å². The second-order valence-electron chi connectivity index (χ2n) is 4.65. The molecule has 2 atom stereocenters. The minimum atomic E-state index is 0.674. The summed E-state index contributed by atoms with van der Waals surface area (Å²) < 4.78 is 1.28. The zero-order valence-corrected chi connectivity index (χ0v) is 10.4. The Hall–Kier alpha value is -0.340. The smallest absolute Gasteiger partial charge is 0.0362 e. The van der Waals surface area contributed by atoms with E-state index in [9.17, 15) is 0 Å². The maximum Gasteiger partial charge on any atom is 0.0362 e. The Bertz CT molecular complexity index is 363. The van der Waals surface area contributed by atoms with Gasteiger partial charge in [-0.1, -0.05) is 34.1 Å². The molecule has 1 nitrogen and oxygen atoms in total. The summed E-state index contributed by atoms with van der Waals surface area (Å²) in [6, 6.07) is 10.2. The zero-order valence-electron chi connectivity index (χ0n) is 8.82. The Balaban J connectivity index is 1.91. The van der Waals surface area contributed by atoms with Gasteiger partial charge in [-0.3, -0.25) is 4.90 Å². The lowest BCUT2D eigenvalue weighted by Gasteiger charge is -2.24. The lowest BCUT2D eigenvalue weighted by Crippen LogP contribution is -2.25. The molecule has 2 heteroatoms. The van der Waals surface area contributed by atoms with E-state index in [0.717, 1.165) is 6.04 Å². The molecule has 80 valence electrons. The van der Waals surface area contributed by atoms with E-state index in [-0.39, 0.29) is 0 Å². The first-order chi connectivity index (χ1) is 7.36. The fourth-order valence-corrected chi connectivity index (χ4v) is 3.72. The third kappa shape index (κ3) is 1.64. The maximum absolute atomic E-state index is 3.68. The number of nitrogens with zero attached hydrogens (tertiary/aromatic N) is 1. The lowest BCUT2D eigenvalue weighted by atomic mass is 10.0. The summed E-state index contributed by atoms with van der Waals surface area (Å²) in [4.78, 5) is 2.71. The molecule has 0 amide bonds. The van der Waals surface area contributed by atoms with Crippen molar-refractivity contribution in [3.05, 3.63) is 34.3 Å². The van der Waals surface area contributed by atoms with Gasteiger partial charge in [-0.15, -0.1) is 0 Å². The molecule has 0 spiro atoms. The highest BCUT2D eigenvalue weighted by Gasteiger charge is 2.37. The van der Waals surface area contributed by atoms with Gasteiger partial charge in [0.05, 0.1) is 0 Å². The number of halogens is 1. The number of benzene rings is 1. The van der Waals surface area contributed by atoms with Crippen molar-refractivity contribution in [2.24, 2.45) is 0 Å². The summed E-state index contributed by atoms with van der Waals surface area (Å²) in [6.45, 7) is 1.30. The molecular weight excluding hydrogens is 250 g/mol. The van der Waals surface area contributed by atoms with Gasteiger partial charge in [0.25, 0.3) is 0 Å². The van der Waals surface area contributed by atoms with Gasteiger partial charge in [0, 0.05) is 16.6 Å². The summed E-state index contributed by atoms with van der Waals surface area (Å²) in [5, 5.41) is 0. The average molecular weight is 266 g/mol. The van der Waals surface area contributed by atoms with Gasteiger partial charge in [-0.2, -0.15) is 0 Å². The summed E-state index contributed by atoms with van der Waals surface area (Å²) in [7, 11) is 0. The van der Waals surface area contributed by atoms with E-state index in [4.69, 9.17) is 0 Å². The lowest BCUT2D eigenvalue weighted by molar-refractivity contribution is 0.248. The van der Waals surface area contributed by atoms with Crippen molar-refractivity contribution in [2.75, 3.05) is 6.54 Å². The van der Waals surface area contributed by atoms with E-state index in [1.165, 1.54) is 42.3 Å². The minimum absolute atomic E-state index is 0.674. The van der Waals surface area contributed by atoms with Crippen LogP contribution in [-0.4, -0.2) is 17.5 Å². The molecule has 0 saturated carbocycles. The topological polar surface area (TPSA) is 3.24 Å². The van der Waals surface area contributed by atoms with E-state index < -0.39 is 0 Å². The normalized spacial score (nSPS) is 30.7. The predicted octanol–water partition coefficient (Wildman–Crippen LogP) is 3.75. The molecule has 3 rings (SSSR count). The van der Waals surface area contributed by atoms with E-state index >= 15 is 0 Å². The largest absolute Gasteiger partial charge is 0.293 e. The molecule has 2 aliphatic rings. The molecule has 15 heavy (non-hydrogen) atoms. The molecule has 1 aromatic rings. The van der Waals surface area contributed by atoms with Crippen LogP contribution in [0.25, 0.3) is 0 Å². The summed E-state index contributed by atoms with van der Waals surface area (Å²) >= 11 is 3.68. The van der Waals surface area contributed by atoms with Crippen molar-refractivity contribution in [3.8, 4) is 0 Å². The van der Waals surface area contributed by atoms with Gasteiger partial charge < -0.3 is 0 Å². The second kappa shape index (κ2) is 3.91. The van der Waals surface area contributed by atoms with Crippen LogP contribution in [-0.2, 0) is 0 Å². The number of hydrogen-bond donors (Lipinski definition) is 0. The Kier molecular flexibility index (Phi) is 2.57. The van der Waals surface area contributed by atoms with Crippen LogP contribution < -0.4 is 0 Å². The Morgan fingerprint density at radius 2 is 2.00 bits per heavy atom. The van der Waals surface area contributed by atoms with Crippen molar-refractivity contribution >= 4 is 15.9 Å². The Morgan fingerprint density at radius 3 is 2.87 bits per heavy atom. The number of rotatable bonds is 1. The highest BCUT2D eigenvalue weighted by atomic mass is 79.9. The molecule has 0 bridgehead atoms. The van der Waals surface area contributed by atoms with Crippen LogP contribution in [0.15, 0.2) is 28.7 Å². The van der Waals surface area contributed by atoms with E-state index in [2.05, 4.69) is 45.1 Å². The van der Waals surface area contributed by atoms with Crippen molar-refractivity contribution in [3.63, 3.8) is 0 Å². The fraction of sp³-hybridized carbons (Fsp3) is 0.538. The van der Waals surface area contributed by atoms with Crippen molar-refractivity contribution in [1.29, 1.82) is 0 Å². The van der Waals surface area contributed by atoms with Crippen LogP contribution in [0, 0.1) is 0 Å². The molecule has 1 aromatic carbocycles. The first kappa shape index (κ1) is 9.86. The highest BCUT2D eigenvalue weighted by molar-refractivity contribution is 9.10. The summed E-state index contributed by atoms with van der Waals surface area (Å²) in [5.74, 6) is 0. The first-order valence-electron chi connectivity index (χ1n) is 5.86.